The molecule has 0 aromatic heterocycles. The van der Waals surface area contributed by atoms with E-state index >= 15 is 0 Å². The van der Waals surface area contributed by atoms with Crippen LogP contribution < -0.4 is 10.1 Å². The number of hydrogen-bond acceptors (Lipinski definition) is 5. The van der Waals surface area contributed by atoms with Crippen molar-refractivity contribution < 1.29 is 29.0 Å². The Balaban J connectivity index is 1.19. The summed E-state index contributed by atoms with van der Waals surface area (Å²) in [7, 11) is 0. The molecule has 1 saturated heterocycles. The van der Waals surface area contributed by atoms with Crippen LogP contribution in [0.15, 0.2) is 84.9 Å². The van der Waals surface area contributed by atoms with Gasteiger partial charge >= 0.3 is 12.1 Å². The summed E-state index contributed by atoms with van der Waals surface area (Å²) in [6.07, 6.45) is 3.13. The van der Waals surface area contributed by atoms with Crippen LogP contribution in [0, 0.1) is 5.92 Å². The van der Waals surface area contributed by atoms with Gasteiger partial charge in [-0.25, -0.2) is 4.79 Å². The molecule has 0 spiro atoms. The van der Waals surface area contributed by atoms with Crippen molar-refractivity contribution >= 4 is 18.0 Å². The molecule has 8 heteroatoms. The summed E-state index contributed by atoms with van der Waals surface area (Å²) in [5, 5.41) is 12.0. The first kappa shape index (κ1) is 29.6. The summed E-state index contributed by atoms with van der Waals surface area (Å²) < 4.78 is 11.3. The Labute approximate surface area is 241 Å². The van der Waals surface area contributed by atoms with Gasteiger partial charge in [0, 0.05) is 13.1 Å². The number of alkyl carbamates (subject to hydrolysis) is 1. The van der Waals surface area contributed by atoms with E-state index in [1.165, 1.54) is 5.56 Å². The lowest BCUT2D eigenvalue weighted by atomic mass is 10.0. The Kier molecular flexibility index (Phi) is 11.2. The summed E-state index contributed by atoms with van der Waals surface area (Å²) >= 11 is 0. The van der Waals surface area contributed by atoms with Gasteiger partial charge in [0.2, 0.25) is 5.91 Å². The Morgan fingerprint density at radius 1 is 0.854 bits per heavy atom. The number of hydrogen-bond donors (Lipinski definition) is 2. The second kappa shape index (κ2) is 15.5. The predicted molar refractivity (Wildman–Crippen MR) is 156 cm³/mol. The second-order valence-electron chi connectivity index (χ2n) is 10.4. The minimum atomic E-state index is -0.955. The van der Waals surface area contributed by atoms with Gasteiger partial charge in [-0.2, -0.15) is 0 Å². The Morgan fingerprint density at radius 2 is 1.49 bits per heavy atom. The van der Waals surface area contributed by atoms with E-state index in [4.69, 9.17) is 9.47 Å². The van der Waals surface area contributed by atoms with Crippen molar-refractivity contribution in [1.82, 2.24) is 10.2 Å². The van der Waals surface area contributed by atoms with Crippen molar-refractivity contribution in [1.29, 1.82) is 0 Å². The molecule has 1 aliphatic rings. The summed E-state index contributed by atoms with van der Waals surface area (Å²) in [5.41, 5.74) is 3.28. The number of ether oxygens (including phenoxy) is 2. The summed E-state index contributed by atoms with van der Waals surface area (Å²) in [5.74, 6) is -0.856. The molecule has 2 amide bonds. The number of amides is 2. The van der Waals surface area contributed by atoms with Gasteiger partial charge in [0.25, 0.3) is 0 Å². The average molecular weight is 559 g/mol. The molecular formula is C33H38N2O6. The molecule has 0 bridgehead atoms. The smallest absolute Gasteiger partial charge is 0.407 e. The minimum Gasteiger partial charge on any atom is -0.491 e. The SMILES string of the molecule is O=C(O)C[C@@H]1C[C@@H](COc2ccc(CCCNC(=O)OCc3ccccc3)cc2)N(CCCc2ccccc2)C1=O. The van der Waals surface area contributed by atoms with Crippen molar-refractivity contribution in [2.75, 3.05) is 19.7 Å². The van der Waals surface area contributed by atoms with Gasteiger partial charge in [-0.1, -0.05) is 72.8 Å². The molecule has 2 N–H and O–H groups in total. The lowest BCUT2D eigenvalue weighted by Gasteiger charge is -2.25. The van der Waals surface area contributed by atoms with Gasteiger partial charge in [-0.3, -0.25) is 9.59 Å². The molecule has 2 atom stereocenters. The number of carboxylic acids is 1. The van der Waals surface area contributed by atoms with Crippen molar-refractivity contribution in [3.8, 4) is 5.75 Å². The zero-order valence-electron chi connectivity index (χ0n) is 23.2. The third-order valence-corrected chi connectivity index (χ3v) is 7.25. The van der Waals surface area contributed by atoms with Crippen LogP contribution in [0.3, 0.4) is 0 Å². The number of aliphatic carboxylic acids is 1. The first-order chi connectivity index (χ1) is 20.0. The van der Waals surface area contributed by atoms with Crippen LogP contribution in [0.5, 0.6) is 5.75 Å². The Bertz CT molecular complexity index is 1250. The first-order valence-corrected chi connectivity index (χ1v) is 14.2. The Hall–Kier alpha value is -4.33. The van der Waals surface area contributed by atoms with Crippen LogP contribution >= 0.6 is 0 Å². The number of benzene rings is 3. The van der Waals surface area contributed by atoms with E-state index in [-0.39, 0.29) is 25.0 Å². The van der Waals surface area contributed by atoms with Crippen molar-refractivity contribution in [2.24, 2.45) is 5.92 Å². The molecule has 1 aliphatic heterocycles. The van der Waals surface area contributed by atoms with E-state index in [0.717, 1.165) is 36.8 Å². The summed E-state index contributed by atoms with van der Waals surface area (Å²) in [6.45, 7) is 1.65. The van der Waals surface area contributed by atoms with Gasteiger partial charge < -0.3 is 24.8 Å². The van der Waals surface area contributed by atoms with Gasteiger partial charge in [-0.15, -0.1) is 0 Å². The average Bonchev–Trinajstić information content (AvgIpc) is 3.27. The van der Waals surface area contributed by atoms with E-state index in [2.05, 4.69) is 17.4 Å². The van der Waals surface area contributed by atoms with Crippen LogP contribution in [0.2, 0.25) is 0 Å². The molecule has 3 aromatic carbocycles. The first-order valence-electron chi connectivity index (χ1n) is 14.2. The second-order valence-corrected chi connectivity index (χ2v) is 10.4. The molecule has 0 saturated carbocycles. The normalized spacial score (nSPS) is 16.4. The van der Waals surface area contributed by atoms with Gasteiger partial charge in [-0.05, 0) is 60.9 Å². The molecule has 8 nitrogen and oxygen atoms in total. The molecule has 41 heavy (non-hydrogen) atoms. The maximum Gasteiger partial charge on any atom is 0.407 e. The molecule has 1 heterocycles. The van der Waals surface area contributed by atoms with E-state index in [9.17, 15) is 19.5 Å². The number of nitrogens with zero attached hydrogens (tertiary/aromatic N) is 1. The molecule has 1 fully saturated rings. The third kappa shape index (κ3) is 9.67. The number of nitrogens with one attached hydrogen (secondary N) is 1. The maximum absolute atomic E-state index is 13.0. The molecule has 0 unspecified atom stereocenters. The van der Waals surface area contributed by atoms with Crippen molar-refractivity contribution in [2.45, 2.75) is 51.2 Å². The third-order valence-electron chi connectivity index (χ3n) is 7.25. The highest BCUT2D eigenvalue weighted by atomic mass is 16.5. The largest absolute Gasteiger partial charge is 0.491 e. The van der Waals surface area contributed by atoms with Gasteiger partial charge in [0.1, 0.15) is 19.0 Å². The highest BCUT2D eigenvalue weighted by Crippen LogP contribution is 2.29. The molecule has 3 aromatic rings. The monoisotopic (exact) mass is 558 g/mol. The van der Waals surface area contributed by atoms with E-state index < -0.39 is 18.0 Å². The van der Waals surface area contributed by atoms with Crippen molar-refractivity contribution in [3.05, 3.63) is 102 Å². The van der Waals surface area contributed by atoms with Crippen LogP contribution in [0.4, 0.5) is 4.79 Å². The molecule has 4 rings (SSSR count). The molecule has 0 radical (unpaired) electrons. The number of carboxylic acid groups (broad SMARTS) is 1. The zero-order chi connectivity index (χ0) is 28.9. The zero-order valence-corrected chi connectivity index (χ0v) is 23.2. The summed E-state index contributed by atoms with van der Waals surface area (Å²) in [4.78, 5) is 38.0. The number of likely N-dealkylation sites (tertiary alicyclic amines) is 1. The van der Waals surface area contributed by atoms with E-state index in [0.29, 0.717) is 31.9 Å². The molecule has 0 aliphatic carbocycles. The Morgan fingerprint density at radius 3 is 2.17 bits per heavy atom. The van der Waals surface area contributed by atoms with Crippen molar-refractivity contribution in [3.63, 3.8) is 0 Å². The highest BCUT2D eigenvalue weighted by Gasteiger charge is 2.40. The number of carbonyl (C=O) groups is 3. The summed E-state index contributed by atoms with van der Waals surface area (Å²) in [6, 6.07) is 27.3. The number of aryl methyl sites for hydroxylation is 2. The lowest BCUT2D eigenvalue weighted by molar-refractivity contribution is -0.142. The van der Waals surface area contributed by atoms with Crippen LogP contribution in [0.1, 0.15) is 42.4 Å². The minimum absolute atomic E-state index is 0.0954. The number of carbonyl (C=O) groups excluding carboxylic acids is 2. The van der Waals surface area contributed by atoms with E-state index in [1.807, 2.05) is 77.7 Å². The standard InChI is InChI=1S/C33H38N2O6/c36-31(37)22-28-21-29(35(32(28)38)20-8-14-25-9-3-1-4-10-25)24-40-30-17-15-26(16-18-30)13-7-19-34-33(39)41-23-27-11-5-2-6-12-27/h1-6,9-12,15-18,28-29H,7-8,13-14,19-24H2,(H,34,39)(H,36,37)/t28-,29-/m0/s1. The fourth-order valence-electron chi connectivity index (χ4n) is 5.10. The number of rotatable bonds is 15. The molecular weight excluding hydrogens is 520 g/mol. The molecule has 216 valence electrons. The predicted octanol–water partition coefficient (Wildman–Crippen LogP) is 5.25. The maximum atomic E-state index is 13.0. The lowest BCUT2D eigenvalue weighted by Crippen LogP contribution is -2.38. The quantitative estimate of drug-likeness (QED) is 0.247. The fourth-order valence-corrected chi connectivity index (χ4v) is 5.10. The van der Waals surface area contributed by atoms with Crippen LogP contribution in [0.25, 0.3) is 0 Å². The van der Waals surface area contributed by atoms with Gasteiger partial charge in [0.15, 0.2) is 0 Å². The fraction of sp³-hybridized carbons (Fsp3) is 0.364. The highest BCUT2D eigenvalue weighted by molar-refractivity contribution is 5.85. The topological polar surface area (TPSA) is 105 Å². The van der Waals surface area contributed by atoms with Crippen LogP contribution in [-0.2, 0) is 33.8 Å². The van der Waals surface area contributed by atoms with E-state index in [1.54, 1.807) is 0 Å². The van der Waals surface area contributed by atoms with Gasteiger partial charge in [0.05, 0.1) is 18.4 Å². The van der Waals surface area contributed by atoms with Crippen LogP contribution in [-0.4, -0.2) is 53.7 Å².